The summed E-state index contributed by atoms with van der Waals surface area (Å²) in [4.78, 5) is 4.35. The Hall–Kier alpha value is -1.46. The molecule has 1 unspecified atom stereocenters. The molecule has 1 aromatic carbocycles. The first-order valence-corrected chi connectivity index (χ1v) is 7.02. The van der Waals surface area contributed by atoms with Gasteiger partial charge in [0.05, 0.1) is 0 Å². The molecule has 1 aliphatic rings. The summed E-state index contributed by atoms with van der Waals surface area (Å²) in [5, 5.41) is 7.28. The van der Waals surface area contributed by atoms with E-state index in [2.05, 4.69) is 15.5 Å². The van der Waals surface area contributed by atoms with E-state index in [0.717, 1.165) is 25.9 Å². The zero-order valence-electron chi connectivity index (χ0n) is 11.9. The number of rotatable bonds is 4. The number of aromatic nitrogens is 2. The maximum absolute atomic E-state index is 13.5. The first kappa shape index (κ1) is 15.9. The van der Waals surface area contributed by atoms with Crippen molar-refractivity contribution < 1.29 is 8.91 Å². The van der Waals surface area contributed by atoms with Gasteiger partial charge in [-0.15, -0.1) is 12.4 Å². The van der Waals surface area contributed by atoms with Crippen LogP contribution in [-0.4, -0.2) is 23.2 Å². The smallest absolute Gasteiger partial charge is 0.226 e. The zero-order chi connectivity index (χ0) is 13.9. The van der Waals surface area contributed by atoms with Gasteiger partial charge in [-0.3, -0.25) is 0 Å². The molecule has 1 aromatic heterocycles. The van der Waals surface area contributed by atoms with E-state index in [-0.39, 0.29) is 18.2 Å². The van der Waals surface area contributed by atoms with E-state index in [1.54, 1.807) is 13.0 Å². The van der Waals surface area contributed by atoms with Crippen molar-refractivity contribution >= 4 is 12.4 Å². The van der Waals surface area contributed by atoms with E-state index in [4.69, 9.17) is 4.52 Å². The molecule has 1 N–H and O–H groups in total. The van der Waals surface area contributed by atoms with Crippen LogP contribution in [-0.2, 0) is 6.42 Å². The molecule has 4 nitrogen and oxygen atoms in total. The van der Waals surface area contributed by atoms with E-state index in [1.165, 1.54) is 12.5 Å². The number of benzene rings is 1. The molecule has 0 spiro atoms. The van der Waals surface area contributed by atoms with Crippen LogP contribution in [0.4, 0.5) is 4.39 Å². The third kappa shape index (κ3) is 3.80. The van der Waals surface area contributed by atoms with Crippen molar-refractivity contribution in [2.24, 2.45) is 5.92 Å². The van der Waals surface area contributed by atoms with Gasteiger partial charge in [-0.05, 0) is 50.4 Å². The molecule has 1 saturated heterocycles. The highest BCUT2D eigenvalue weighted by atomic mass is 35.5. The average Bonchev–Trinajstić information content (AvgIpc) is 3.10. The molecule has 0 bridgehead atoms. The van der Waals surface area contributed by atoms with Crippen LogP contribution < -0.4 is 5.32 Å². The highest BCUT2D eigenvalue weighted by molar-refractivity contribution is 5.85. The van der Waals surface area contributed by atoms with E-state index in [0.29, 0.717) is 28.8 Å². The van der Waals surface area contributed by atoms with Gasteiger partial charge in [0.15, 0.2) is 0 Å². The number of hydrogen-bond donors (Lipinski definition) is 1. The highest BCUT2D eigenvalue weighted by Gasteiger charge is 2.16. The van der Waals surface area contributed by atoms with Crippen molar-refractivity contribution in [1.29, 1.82) is 0 Å². The monoisotopic (exact) mass is 311 g/mol. The second-order valence-electron chi connectivity index (χ2n) is 5.37. The fourth-order valence-corrected chi connectivity index (χ4v) is 2.49. The van der Waals surface area contributed by atoms with Crippen molar-refractivity contribution in [3.63, 3.8) is 0 Å². The van der Waals surface area contributed by atoms with Crippen LogP contribution in [0.1, 0.15) is 24.3 Å². The van der Waals surface area contributed by atoms with Crippen LogP contribution in [0.15, 0.2) is 22.7 Å². The summed E-state index contributed by atoms with van der Waals surface area (Å²) in [5.41, 5.74) is 1.27. The Bertz CT molecular complexity index is 596. The molecular weight excluding hydrogens is 293 g/mol. The molecule has 21 heavy (non-hydrogen) atoms. The molecule has 2 heterocycles. The molecule has 1 aliphatic heterocycles. The van der Waals surface area contributed by atoms with E-state index < -0.39 is 0 Å². The summed E-state index contributed by atoms with van der Waals surface area (Å²) in [5.74, 6) is 1.55. The minimum atomic E-state index is -0.245. The molecule has 3 rings (SSSR count). The topological polar surface area (TPSA) is 51.0 Å². The maximum Gasteiger partial charge on any atom is 0.226 e. The Morgan fingerprint density at radius 1 is 1.43 bits per heavy atom. The lowest BCUT2D eigenvalue weighted by Crippen LogP contribution is -2.09. The molecule has 0 radical (unpaired) electrons. The molecule has 1 atom stereocenters. The van der Waals surface area contributed by atoms with Gasteiger partial charge in [-0.1, -0.05) is 17.3 Å². The summed E-state index contributed by atoms with van der Waals surface area (Å²) in [6.07, 6.45) is 3.05. The summed E-state index contributed by atoms with van der Waals surface area (Å²) in [7, 11) is 0. The number of hydrogen-bond acceptors (Lipinski definition) is 4. The minimum Gasteiger partial charge on any atom is -0.339 e. The Morgan fingerprint density at radius 2 is 2.29 bits per heavy atom. The third-order valence-electron chi connectivity index (χ3n) is 3.83. The predicted molar refractivity (Wildman–Crippen MR) is 81.0 cm³/mol. The molecule has 1 fully saturated rings. The Kier molecular flexibility index (Phi) is 5.31. The lowest BCUT2D eigenvalue weighted by Gasteiger charge is -2.03. The van der Waals surface area contributed by atoms with Crippen molar-refractivity contribution in [2.45, 2.75) is 26.2 Å². The SMILES string of the molecule is Cc1ccc(-c2noc(CCC3CCNC3)n2)cc1F.Cl. The minimum absolute atomic E-state index is 0. The summed E-state index contributed by atoms with van der Waals surface area (Å²) < 4.78 is 18.8. The Morgan fingerprint density at radius 3 is 3.00 bits per heavy atom. The standard InChI is InChI=1S/C15H18FN3O.ClH/c1-10-2-4-12(8-13(10)16)15-18-14(20-19-15)5-3-11-6-7-17-9-11;/h2,4,8,11,17H,3,5-7,9H2,1H3;1H. The van der Waals surface area contributed by atoms with Gasteiger partial charge < -0.3 is 9.84 Å². The predicted octanol–water partition coefficient (Wildman–Crippen LogP) is 3.15. The molecule has 0 aliphatic carbocycles. The normalized spacial score (nSPS) is 17.7. The largest absolute Gasteiger partial charge is 0.339 e. The van der Waals surface area contributed by atoms with E-state index in [1.807, 2.05) is 6.07 Å². The van der Waals surface area contributed by atoms with E-state index >= 15 is 0 Å². The van der Waals surface area contributed by atoms with Gasteiger partial charge in [0, 0.05) is 12.0 Å². The lowest BCUT2D eigenvalue weighted by atomic mass is 10.0. The molecule has 114 valence electrons. The van der Waals surface area contributed by atoms with Crippen LogP contribution in [0.5, 0.6) is 0 Å². The molecule has 0 saturated carbocycles. The number of halogens is 2. The first-order chi connectivity index (χ1) is 9.72. The molecular formula is C15H19ClFN3O. The fraction of sp³-hybridized carbons (Fsp3) is 0.467. The van der Waals surface area contributed by atoms with Gasteiger partial charge >= 0.3 is 0 Å². The van der Waals surface area contributed by atoms with Crippen LogP contribution in [0.25, 0.3) is 11.4 Å². The van der Waals surface area contributed by atoms with Gasteiger partial charge in [0.25, 0.3) is 0 Å². The Balaban J connectivity index is 0.00000161. The second-order valence-corrected chi connectivity index (χ2v) is 5.37. The van der Waals surface area contributed by atoms with Crippen molar-refractivity contribution in [3.8, 4) is 11.4 Å². The second kappa shape index (κ2) is 7.00. The molecule has 2 aromatic rings. The molecule has 0 amide bonds. The van der Waals surface area contributed by atoms with Crippen LogP contribution in [0.3, 0.4) is 0 Å². The average molecular weight is 312 g/mol. The quantitative estimate of drug-likeness (QED) is 0.942. The summed E-state index contributed by atoms with van der Waals surface area (Å²) in [6, 6.07) is 4.99. The van der Waals surface area contributed by atoms with Crippen molar-refractivity contribution in [2.75, 3.05) is 13.1 Å². The first-order valence-electron chi connectivity index (χ1n) is 7.02. The van der Waals surface area contributed by atoms with Crippen molar-refractivity contribution in [1.82, 2.24) is 15.5 Å². The van der Waals surface area contributed by atoms with Crippen LogP contribution >= 0.6 is 12.4 Å². The summed E-state index contributed by atoms with van der Waals surface area (Å²) in [6.45, 7) is 3.91. The van der Waals surface area contributed by atoms with Crippen molar-refractivity contribution in [3.05, 3.63) is 35.5 Å². The zero-order valence-corrected chi connectivity index (χ0v) is 12.8. The number of aryl methyl sites for hydroxylation is 2. The highest BCUT2D eigenvalue weighted by Crippen LogP contribution is 2.20. The van der Waals surface area contributed by atoms with Crippen LogP contribution in [0.2, 0.25) is 0 Å². The van der Waals surface area contributed by atoms with Gasteiger partial charge in [0.1, 0.15) is 5.82 Å². The van der Waals surface area contributed by atoms with Gasteiger partial charge in [-0.25, -0.2) is 4.39 Å². The number of nitrogens with one attached hydrogen (secondary N) is 1. The third-order valence-corrected chi connectivity index (χ3v) is 3.83. The van der Waals surface area contributed by atoms with Gasteiger partial charge in [-0.2, -0.15) is 4.98 Å². The Labute approximate surface area is 129 Å². The summed E-state index contributed by atoms with van der Waals surface area (Å²) >= 11 is 0. The fourth-order valence-electron chi connectivity index (χ4n) is 2.49. The van der Waals surface area contributed by atoms with E-state index in [9.17, 15) is 4.39 Å². The van der Waals surface area contributed by atoms with Gasteiger partial charge in [0.2, 0.25) is 11.7 Å². The number of nitrogens with zero attached hydrogens (tertiary/aromatic N) is 2. The maximum atomic E-state index is 13.5. The van der Waals surface area contributed by atoms with Crippen LogP contribution in [0, 0.1) is 18.7 Å². The lowest BCUT2D eigenvalue weighted by molar-refractivity contribution is 0.365. The molecule has 6 heteroatoms.